The summed E-state index contributed by atoms with van der Waals surface area (Å²) in [5.41, 5.74) is 1.96. The lowest BCUT2D eigenvalue weighted by Crippen LogP contribution is -2.14. The van der Waals surface area contributed by atoms with E-state index in [0.717, 1.165) is 43.0 Å². The summed E-state index contributed by atoms with van der Waals surface area (Å²) in [4.78, 5) is 19.4. The predicted octanol–water partition coefficient (Wildman–Crippen LogP) is 1.25. The van der Waals surface area contributed by atoms with E-state index in [1.54, 1.807) is 0 Å². The smallest absolute Gasteiger partial charge is 0.341 e. The van der Waals surface area contributed by atoms with Crippen molar-refractivity contribution in [3.63, 3.8) is 0 Å². The monoisotopic (exact) mass is 263 g/mol. The van der Waals surface area contributed by atoms with Gasteiger partial charge in [0.1, 0.15) is 0 Å². The summed E-state index contributed by atoms with van der Waals surface area (Å²) in [5.74, 6) is 0.745. The van der Waals surface area contributed by atoms with Crippen LogP contribution in [0.5, 0.6) is 5.88 Å². The van der Waals surface area contributed by atoms with E-state index in [9.17, 15) is 4.79 Å². The van der Waals surface area contributed by atoms with E-state index in [4.69, 9.17) is 9.84 Å². The molecule has 1 aromatic rings. The SMILES string of the molecule is O=C(O)COc1nc(NCC2CC2)nc2c1CCC2. The number of nitrogens with zero attached hydrogens (tertiary/aromatic N) is 2. The number of hydrogen-bond donors (Lipinski definition) is 2. The lowest BCUT2D eigenvalue weighted by atomic mass is 10.2. The average Bonchev–Trinajstić information content (AvgIpc) is 3.09. The van der Waals surface area contributed by atoms with Crippen LogP contribution in [-0.2, 0) is 17.6 Å². The number of hydrogen-bond acceptors (Lipinski definition) is 5. The Balaban J connectivity index is 1.76. The van der Waals surface area contributed by atoms with Crippen LogP contribution in [0.25, 0.3) is 0 Å². The highest BCUT2D eigenvalue weighted by atomic mass is 16.5. The maximum Gasteiger partial charge on any atom is 0.341 e. The van der Waals surface area contributed by atoms with Crippen LogP contribution in [0.4, 0.5) is 5.95 Å². The molecule has 0 atom stereocenters. The van der Waals surface area contributed by atoms with Gasteiger partial charge in [-0.1, -0.05) is 0 Å². The number of carboxylic acids is 1. The zero-order valence-electron chi connectivity index (χ0n) is 10.7. The van der Waals surface area contributed by atoms with Gasteiger partial charge in [-0.25, -0.2) is 9.78 Å². The van der Waals surface area contributed by atoms with Crippen molar-refractivity contribution in [2.75, 3.05) is 18.5 Å². The molecule has 0 bridgehead atoms. The van der Waals surface area contributed by atoms with E-state index in [-0.39, 0.29) is 6.61 Å². The van der Waals surface area contributed by atoms with Crippen molar-refractivity contribution in [3.8, 4) is 5.88 Å². The second-order valence-corrected chi connectivity index (χ2v) is 5.14. The number of ether oxygens (including phenoxy) is 1. The minimum absolute atomic E-state index is 0.356. The fraction of sp³-hybridized carbons (Fsp3) is 0.615. The molecule has 1 saturated carbocycles. The molecule has 2 aliphatic rings. The lowest BCUT2D eigenvalue weighted by molar-refractivity contribution is -0.139. The highest BCUT2D eigenvalue weighted by Crippen LogP contribution is 2.31. The first-order valence-electron chi connectivity index (χ1n) is 6.70. The van der Waals surface area contributed by atoms with Gasteiger partial charge < -0.3 is 15.2 Å². The van der Waals surface area contributed by atoms with Gasteiger partial charge in [0.2, 0.25) is 11.8 Å². The van der Waals surface area contributed by atoms with Crippen molar-refractivity contribution in [1.29, 1.82) is 0 Å². The third-order valence-corrected chi connectivity index (χ3v) is 3.47. The summed E-state index contributed by atoms with van der Waals surface area (Å²) in [6, 6.07) is 0. The van der Waals surface area contributed by atoms with Crippen LogP contribution in [0, 0.1) is 5.92 Å². The number of carboxylic acid groups (broad SMARTS) is 1. The van der Waals surface area contributed by atoms with Gasteiger partial charge in [0.15, 0.2) is 6.61 Å². The molecule has 0 saturated heterocycles. The van der Waals surface area contributed by atoms with Gasteiger partial charge in [-0.3, -0.25) is 0 Å². The van der Waals surface area contributed by atoms with Crippen LogP contribution in [0.1, 0.15) is 30.5 Å². The lowest BCUT2D eigenvalue weighted by Gasteiger charge is -2.11. The molecule has 2 aliphatic carbocycles. The summed E-state index contributed by atoms with van der Waals surface area (Å²) < 4.78 is 5.28. The van der Waals surface area contributed by atoms with E-state index in [1.165, 1.54) is 12.8 Å². The Bertz CT molecular complexity index is 500. The topological polar surface area (TPSA) is 84.3 Å². The van der Waals surface area contributed by atoms with Crippen molar-refractivity contribution in [1.82, 2.24) is 9.97 Å². The molecule has 1 fully saturated rings. The van der Waals surface area contributed by atoms with Gasteiger partial charge in [0, 0.05) is 12.1 Å². The minimum atomic E-state index is -0.988. The van der Waals surface area contributed by atoms with Gasteiger partial charge >= 0.3 is 5.97 Å². The first kappa shape index (κ1) is 12.2. The molecule has 1 aromatic heterocycles. The molecule has 102 valence electrons. The number of rotatable bonds is 6. The zero-order valence-corrected chi connectivity index (χ0v) is 10.7. The molecule has 0 aromatic carbocycles. The molecule has 1 heterocycles. The van der Waals surface area contributed by atoms with Crippen LogP contribution < -0.4 is 10.1 Å². The Labute approximate surface area is 111 Å². The number of aryl methyl sites for hydroxylation is 1. The summed E-state index contributed by atoms with van der Waals surface area (Å²) in [6.07, 6.45) is 5.34. The molecule has 3 rings (SSSR count). The van der Waals surface area contributed by atoms with Crippen LogP contribution in [0.2, 0.25) is 0 Å². The average molecular weight is 263 g/mol. The maximum atomic E-state index is 10.6. The van der Waals surface area contributed by atoms with Crippen LogP contribution in [-0.4, -0.2) is 34.2 Å². The predicted molar refractivity (Wildman–Crippen MR) is 68.4 cm³/mol. The summed E-state index contributed by atoms with van der Waals surface area (Å²) in [5, 5.41) is 11.9. The molecule has 2 N–H and O–H groups in total. The number of aliphatic carboxylic acids is 1. The van der Waals surface area contributed by atoms with Gasteiger partial charge in [-0.15, -0.1) is 0 Å². The van der Waals surface area contributed by atoms with E-state index in [2.05, 4.69) is 15.3 Å². The van der Waals surface area contributed by atoms with Crippen molar-refractivity contribution in [3.05, 3.63) is 11.3 Å². The largest absolute Gasteiger partial charge is 0.479 e. The van der Waals surface area contributed by atoms with E-state index in [1.807, 2.05) is 0 Å². The Morgan fingerprint density at radius 2 is 2.21 bits per heavy atom. The van der Waals surface area contributed by atoms with Gasteiger partial charge in [-0.2, -0.15) is 4.98 Å². The molecule has 0 radical (unpaired) electrons. The highest BCUT2D eigenvalue weighted by Gasteiger charge is 2.23. The van der Waals surface area contributed by atoms with E-state index < -0.39 is 5.97 Å². The van der Waals surface area contributed by atoms with E-state index >= 15 is 0 Å². The third-order valence-electron chi connectivity index (χ3n) is 3.47. The normalized spacial score (nSPS) is 17.1. The molecule has 0 spiro atoms. The highest BCUT2D eigenvalue weighted by molar-refractivity contribution is 5.68. The number of carbonyl (C=O) groups is 1. The molecular formula is C13H17N3O3. The molecule has 0 amide bonds. The molecule has 0 unspecified atom stereocenters. The summed E-state index contributed by atoms with van der Waals surface area (Å²) in [7, 11) is 0. The molecular weight excluding hydrogens is 246 g/mol. The Morgan fingerprint density at radius 1 is 1.37 bits per heavy atom. The first-order valence-corrected chi connectivity index (χ1v) is 6.70. The first-order chi connectivity index (χ1) is 9.22. The second kappa shape index (κ2) is 5.03. The molecule has 6 heteroatoms. The second-order valence-electron chi connectivity index (χ2n) is 5.14. The fourth-order valence-corrected chi connectivity index (χ4v) is 2.28. The van der Waals surface area contributed by atoms with Crippen LogP contribution in [0.3, 0.4) is 0 Å². The number of aromatic nitrogens is 2. The standard InChI is InChI=1S/C13H17N3O3/c17-11(18)7-19-12-9-2-1-3-10(9)15-13(16-12)14-6-8-4-5-8/h8H,1-7H2,(H,17,18)(H,14,15,16). The van der Waals surface area contributed by atoms with E-state index in [0.29, 0.717) is 11.8 Å². The third kappa shape index (κ3) is 2.94. The zero-order chi connectivity index (χ0) is 13.2. The Hall–Kier alpha value is -1.85. The van der Waals surface area contributed by atoms with Crippen molar-refractivity contribution in [2.45, 2.75) is 32.1 Å². The van der Waals surface area contributed by atoms with Crippen LogP contribution >= 0.6 is 0 Å². The van der Waals surface area contributed by atoms with Crippen molar-refractivity contribution >= 4 is 11.9 Å². The molecule has 6 nitrogen and oxygen atoms in total. The quantitative estimate of drug-likeness (QED) is 0.803. The Morgan fingerprint density at radius 3 is 2.95 bits per heavy atom. The summed E-state index contributed by atoms with van der Waals surface area (Å²) in [6.45, 7) is 0.530. The van der Waals surface area contributed by atoms with Gasteiger partial charge in [-0.05, 0) is 38.0 Å². The number of anilines is 1. The fourth-order valence-electron chi connectivity index (χ4n) is 2.28. The number of nitrogens with one attached hydrogen (secondary N) is 1. The van der Waals surface area contributed by atoms with Gasteiger partial charge in [0.05, 0.1) is 5.69 Å². The van der Waals surface area contributed by atoms with Crippen LogP contribution in [0.15, 0.2) is 0 Å². The van der Waals surface area contributed by atoms with Crippen molar-refractivity contribution in [2.24, 2.45) is 5.92 Å². The minimum Gasteiger partial charge on any atom is -0.479 e. The summed E-state index contributed by atoms with van der Waals surface area (Å²) >= 11 is 0. The molecule has 19 heavy (non-hydrogen) atoms. The molecule has 0 aliphatic heterocycles. The maximum absolute atomic E-state index is 10.6. The van der Waals surface area contributed by atoms with Gasteiger partial charge in [0.25, 0.3) is 0 Å². The van der Waals surface area contributed by atoms with Crippen molar-refractivity contribution < 1.29 is 14.6 Å². The number of fused-ring (bicyclic) bond motifs is 1. The Kier molecular flexibility index (Phi) is 3.23.